The molecule has 0 atom stereocenters. The standard InChI is InChI=1S/C13H18ClN5.ClH/c14-10-5-4-6-11(9-10)17-12(15)18-13(16)19-7-2-1-3-8-19;/h4-6,9H,1-3,7-8H2,(H4,15,16,17,18);1H. The quantitative estimate of drug-likeness (QED) is 0.475. The molecule has 0 radical (unpaired) electrons. The molecule has 0 aromatic heterocycles. The summed E-state index contributed by atoms with van der Waals surface area (Å²) in [6, 6.07) is 7.16. The number of benzene rings is 1. The number of nitrogens with one attached hydrogen (secondary N) is 4. The van der Waals surface area contributed by atoms with E-state index in [1.807, 2.05) is 17.0 Å². The minimum atomic E-state index is 0. The summed E-state index contributed by atoms with van der Waals surface area (Å²) >= 11 is 5.87. The molecule has 2 rings (SSSR count). The van der Waals surface area contributed by atoms with Crippen molar-refractivity contribution in [3.05, 3.63) is 29.3 Å². The van der Waals surface area contributed by atoms with E-state index in [1.165, 1.54) is 6.42 Å². The fourth-order valence-electron chi connectivity index (χ4n) is 2.06. The Hall–Kier alpha value is -1.46. The highest BCUT2D eigenvalue weighted by molar-refractivity contribution is 6.30. The predicted octanol–water partition coefficient (Wildman–Crippen LogP) is 3.12. The molecule has 0 spiro atoms. The fraction of sp³-hybridized carbons (Fsp3) is 0.385. The molecule has 5 nitrogen and oxygen atoms in total. The van der Waals surface area contributed by atoms with E-state index in [4.69, 9.17) is 22.4 Å². The second-order valence-corrected chi connectivity index (χ2v) is 4.97. The molecule has 1 aliphatic heterocycles. The van der Waals surface area contributed by atoms with Crippen LogP contribution in [0, 0.1) is 10.8 Å². The van der Waals surface area contributed by atoms with Crippen molar-refractivity contribution in [2.24, 2.45) is 0 Å². The summed E-state index contributed by atoms with van der Waals surface area (Å²) in [6.07, 6.45) is 3.44. The van der Waals surface area contributed by atoms with Crippen LogP contribution in [-0.4, -0.2) is 29.9 Å². The van der Waals surface area contributed by atoms with Gasteiger partial charge in [-0.25, -0.2) is 0 Å². The van der Waals surface area contributed by atoms with Gasteiger partial charge in [0.05, 0.1) is 0 Å². The molecule has 0 aliphatic carbocycles. The molecule has 20 heavy (non-hydrogen) atoms. The van der Waals surface area contributed by atoms with Crippen LogP contribution in [0.3, 0.4) is 0 Å². The van der Waals surface area contributed by atoms with E-state index in [0.717, 1.165) is 31.6 Å². The molecular weight excluding hydrogens is 297 g/mol. The molecule has 1 aromatic carbocycles. The predicted molar refractivity (Wildman–Crippen MR) is 86.3 cm³/mol. The number of likely N-dealkylation sites (tertiary alicyclic amines) is 1. The maximum Gasteiger partial charge on any atom is 0.199 e. The Morgan fingerprint density at radius 1 is 1.15 bits per heavy atom. The third-order valence-corrected chi connectivity index (χ3v) is 3.24. The number of hydrogen-bond donors (Lipinski definition) is 4. The van der Waals surface area contributed by atoms with Gasteiger partial charge >= 0.3 is 0 Å². The van der Waals surface area contributed by atoms with Gasteiger partial charge in [-0.3, -0.25) is 16.1 Å². The van der Waals surface area contributed by atoms with E-state index >= 15 is 0 Å². The first-order chi connectivity index (χ1) is 9.15. The Kier molecular flexibility index (Phi) is 6.61. The number of anilines is 1. The Labute approximate surface area is 130 Å². The monoisotopic (exact) mass is 315 g/mol. The van der Waals surface area contributed by atoms with Crippen LogP contribution in [-0.2, 0) is 0 Å². The number of halogens is 2. The van der Waals surface area contributed by atoms with Gasteiger partial charge < -0.3 is 10.2 Å². The second kappa shape index (κ2) is 7.97. The lowest BCUT2D eigenvalue weighted by Crippen LogP contribution is -2.47. The zero-order valence-corrected chi connectivity index (χ0v) is 12.7. The maximum atomic E-state index is 7.93. The van der Waals surface area contributed by atoms with Crippen molar-refractivity contribution in [2.45, 2.75) is 19.3 Å². The third kappa shape index (κ3) is 4.90. The van der Waals surface area contributed by atoms with E-state index < -0.39 is 0 Å². The first-order valence-electron chi connectivity index (χ1n) is 6.37. The Morgan fingerprint density at radius 2 is 1.85 bits per heavy atom. The smallest absolute Gasteiger partial charge is 0.199 e. The van der Waals surface area contributed by atoms with Crippen molar-refractivity contribution in [1.29, 1.82) is 10.8 Å². The highest BCUT2D eigenvalue weighted by atomic mass is 35.5. The van der Waals surface area contributed by atoms with Crippen molar-refractivity contribution < 1.29 is 0 Å². The van der Waals surface area contributed by atoms with Crippen LogP contribution >= 0.6 is 24.0 Å². The zero-order valence-electron chi connectivity index (χ0n) is 11.1. The molecule has 0 saturated carbocycles. The maximum absolute atomic E-state index is 7.93. The molecule has 0 bridgehead atoms. The first-order valence-corrected chi connectivity index (χ1v) is 6.74. The van der Waals surface area contributed by atoms with E-state index in [9.17, 15) is 0 Å². The summed E-state index contributed by atoms with van der Waals surface area (Å²) in [6.45, 7) is 1.77. The van der Waals surface area contributed by atoms with Gasteiger partial charge in [0.2, 0.25) is 0 Å². The van der Waals surface area contributed by atoms with Crippen LogP contribution in [0.25, 0.3) is 0 Å². The third-order valence-electron chi connectivity index (χ3n) is 3.01. The lowest BCUT2D eigenvalue weighted by Gasteiger charge is -2.29. The lowest BCUT2D eigenvalue weighted by atomic mass is 10.1. The SMILES string of the molecule is Cl.N=C(NC(=N)N1CCCCC1)Nc1cccc(Cl)c1. The molecule has 0 unspecified atom stereocenters. The normalized spacial score (nSPS) is 14.2. The van der Waals surface area contributed by atoms with E-state index in [2.05, 4.69) is 10.6 Å². The van der Waals surface area contributed by atoms with Crippen molar-refractivity contribution in [2.75, 3.05) is 18.4 Å². The summed E-state index contributed by atoms with van der Waals surface area (Å²) in [7, 11) is 0. The lowest BCUT2D eigenvalue weighted by molar-refractivity contribution is 0.334. The number of piperidine rings is 1. The Morgan fingerprint density at radius 3 is 2.50 bits per heavy atom. The highest BCUT2D eigenvalue weighted by Crippen LogP contribution is 2.14. The van der Waals surface area contributed by atoms with Crippen LogP contribution in [0.5, 0.6) is 0 Å². The molecule has 0 amide bonds. The van der Waals surface area contributed by atoms with Crippen LogP contribution < -0.4 is 10.6 Å². The van der Waals surface area contributed by atoms with Gasteiger partial charge in [-0.1, -0.05) is 17.7 Å². The van der Waals surface area contributed by atoms with Crippen LogP contribution in [0.1, 0.15) is 19.3 Å². The Balaban J connectivity index is 0.00000200. The topological polar surface area (TPSA) is 75.0 Å². The summed E-state index contributed by atoms with van der Waals surface area (Å²) in [5.74, 6) is 0.358. The van der Waals surface area contributed by atoms with Gasteiger partial charge in [0.15, 0.2) is 11.9 Å². The van der Waals surface area contributed by atoms with Crippen molar-refractivity contribution in [1.82, 2.24) is 10.2 Å². The molecule has 4 N–H and O–H groups in total. The molecular formula is C13H19Cl2N5. The average molecular weight is 316 g/mol. The van der Waals surface area contributed by atoms with Gasteiger partial charge in [0.1, 0.15) is 0 Å². The van der Waals surface area contributed by atoms with E-state index in [-0.39, 0.29) is 24.3 Å². The van der Waals surface area contributed by atoms with E-state index in [0.29, 0.717) is 5.02 Å². The second-order valence-electron chi connectivity index (χ2n) is 4.53. The summed E-state index contributed by atoms with van der Waals surface area (Å²) in [5, 5.41) is 22.0. The largest absolute Gasteiger partial charge is 0.343 e. The summed E-state index contributed by atoms with van der Waals surface area (Å²) in [4.78, 5) is 1.96. The molecule has 1 heterocycles. The molecule has 1 fully saturated rings. The fourth-order valence-corrected chi connectivity index (χ4v) is 2.25. The van der Waals surface area contributed by atoms with Crippen molar-refractivity contribution in [3.63, 3.8) is 0 Å². The summed E-state index contributed by atoms with van der Waals surface area (Å²) < 4.78 is 0. The molecule has 1 aliphatic rings. The van der Waals surface area contributed by atoms with Crippen LogP contribution in [0.4, 0.5) is 5.69 Å². The molecule has 7 heteroatoms. The first kappa shape index (κ1) is 16.6. The van der Waals surface area contributed by atoms with Gasteiger partial charge in [-0.15, -0.1) is 12.4 Å². The zero-order chi connectivity index (χ0) is 13.7. The number of guanidine groups is 2. The summed E-state index contributed by atoms with van der Waals surface area (Å²) in [5.41, 5.74) is 0.733. The number of hydrogen-bond acceptors (Lipinski definition) is 2. The van der Waals surface area contributed by atoms with Crippen molar-refractivity contribution in [3.8, 4) is 0 Å². The van der Waals surface area contributed by atoms with Gasteiger partial charge in [0, 0.05) is 23.8 Å². The molecule has 1 aromatic rings. The highest BCUT2D eigenvalue weighted by Gasteiger charge is 2.14. The molecule has 110 valence electrons. The van der Waals surface area contributed by atoms with Gasteiger partial charge in [-0.2, -0.15) is 0 Å². The number of nitrogens with zero attached hydrogens (tertiary/aromatic N) is 1. The average Bonchev–Trinajstić information content (AvgIpc) is 2.39. The van der Waals surface area contributed by atoms with Gasteiger partial charge in [0.25, 0.3) is 0 Å². The minimum absolute atomic E-state index is 0. The van der Waals surface area contributed by atoms with E-state index in [1.54, 1.807) is 12.1 Å². The van der Waals surface area contributed by atoms with Crippen LogP contribution in [0.2, 0.25) is 5.02 Å². The molecule has 1 saturated heterocycles. The number of rotatable bonds is 1. The minimum Gasteiger partial charge on any atom is -0.343 e. The van der Waals surface area contributed by atoms with Crippen LogP contribution in [0.15, 0.2) is 24.3 Å². The van der Waals surface area contributed by atoms with Crippen molar-refractivity contribution >= 4 is 41.6 Å². The van der Waals surface area contributed by atoms with Gasteiger partial charge in [-0.05, 0) is 37.5 Å². The Bertz CT molecular complexity index is 472.